The summed E-state index contributed by atoms with van der Waals surface area (Å²) in [4.78, 5) is 25.7. The Bertz CT molecular complexity index is 630. The maximum Gasteiger partial charge on any atom is 0.272 e. The molecule has 2 aliphatic rings. The summed E-state index contributed by atoms with van der Waals surface area (Å²) in [6.45, 7) is 8.80. The molecule has 1 aromatic heterocycles. The van der Waals surface area contributed by atoms with Crippen LogP contribution in [0, 0.1) is 17.8 Å². The van der Waals surface area contributed by atoms with Gasteiger partial charge in [0.05, 0.1) is 0 Å². The molecule has 3 heterocycles. The number of carbonyl (C=O) groups excluding carboxylic acids is 1. The Kier molecular flexibility index (Phi) is 6.09. The molecule has 0 aromatic carbocycles. The minimum atomic E-state index is -0.105. The van der Waals surface area contributed by atoms with E-state index in [0.29, 0.717) is 30.6 Å². The van der Waals surface area contributed by atoms with Crippen LogP contribution >= 0.6 is 0 Å². The molecule has 2 atom stereocenters. The van der Waals surface area contributed by atoms with Gasteiger partial charge < -0.3 is 20.6 Å². The summed E-state index contributed by atoms with van der Waals surface area (Å²) in [5, 5.41) is 9.77. The molecule has 3 rings (SSSR count). The topological polar surface area (TPSA) is 95.6 Å². The molecular formula is C19H31N5O2. The lowest BCUT2D eigenvalue weighted by Crippen LogP contribution is -2.33. The number of carbonyl (C=O) groups is 1. The second-order valence-corrected chi connectivity index (χ2v) is 8.12. The van der Waals surface area contributed by atoms with Gasteiger partial charge in [0.15, 0.2) is 0 Å². The highest BCUT2D eigenvalue weighted by atomic mass is 16.3. The van der Waals surface area contributed by atoms with E-state index in [1.54, 1.807) is 6.07 Å². The number of anilines is 1. The Morgan fingerprint density at radius 3 is 2.62 bits per heavy atom. The van der Waals surface area contributed by atoms with Gasteiger partial charge in [0.25, 0.3) is 5.91 Å². The zero-order valence-corrected chi connectivity index (χ0v) is 15.9. The van der Waals surface area contributed by atoms with Crippen LogP contribution in [-0.2, 0) is 6.42 Å². The first-order chi connectivity index (χ1) is 12.5. The summed E-state index contributed by atoms with van der Waals surface area (Å²) >= 11 is 0. The molecule has 0 radical (unpaired) electrons. The molecular weight excluding hydrogens is 330 g/mol. The number of rotatable bonds is 6. The van der Waals surface area contributed by atoms with Crippen LogP contribution in [-0.4, -0.2) is 70.1 Å². The van der Waals surface area contributed by atoms with Gasteiger partial charge in [-0.1, -0.05) is 13.8 Å². The molecule has 2 saturated heterocycles. The van der Waals surface area contributed by atoms with E-state index in [1.807, 2.05) is 4.90 Å². The summed E-state index contributed by atoms with van der Waals surface area (Å²) in [6.07, 6.45) is 3.26. The van der Waals surface area contributed by atoms with Crippen molar-refractivity contribution in [2.45, 2.75) is 33.1 Å². The van der Waals surface area contributed by atoms with Crippen molar-refractivity contribution in [2.24, 2.45) is 17.8 Å². The fourth-order valence-corrected chi connectivity index (χ4v) is 4.13. The summed E-state index contributed by atoms with van der Waals surface area (Å²) in [7, 11) is 0. The van der Waals surface area contributed by atoms with E-state index in [9.17, 15) is 9.90 Å². The molecule has 7 heteroatoms. The Morgan fingerprint density at radius 2 is 1.96 bits per heavy atom. The predicted molar refractivity (Wildman–Crippen MR) is 101 cm³/mol. The van der Waals surface area contributed by atoms with Crippen molar-refractivity contribution >= 4 is 11.9 Å². The van der Waals surface area contributed by atoms with Crippen molar-refractivity contribution in [1.29, 1.82) is 0 Å². The maximum atomic E-state index is 13.0. The summed E-state index contributed by atoms with van der Waals surface area (Å²) < 4.78 is 0. The summed E-state index contributed by atoms with van der Waals surface area (Å²) in [5.41, 5.74) is 7.00. The van der Waals surface area contributed by atoms with Crippen LogP contribution in [0.25, 0.3) is 0 Å². The van der Waals surface area contributed by atoms with Gasteiger partial charge >= 0.3 is 0 Å². The molecule has 2 fully saturated rings. The van der Waals surface area contributed by atoms with Crippen molar-refractivity contribution < 1.29 is 9.90 Å². The fourth-order valence-electron chi connectivity index (χ4n) is 4.13. The fraction of sp³-hybridized carbons (Fsp3) is 0.737. The van der Waals surface area contributed by atoms with Crippen molar-refractivity contribution in [3.05, 3.63) is 17.5 Å². The van der Waals surface area contributed by atoms with Crippen molar-refractivity contribution in [1.82, 2.24) is 19.8 Å². The number of nitrogen functional groups attached to an aromatic ring is 1. The molecule has 1 amide bonds. The number of nitrogens with two attached hydrogens (primary N) is 1. The van der Waals surface area contributed by atoms with Crippen LogP contribution < -0.4 is 5.73 Å². The number of aliphatic hydroxyl groups excluding tert-OH is 1. The summed E-state index contributed by atoms with van der Waals surface area (Å²) in [5.74, 6) is 0.928. The van der Waals surface area contributed by atoms with Crippen molar-refractivity contribution in [3.63, 3.8) is 0 Å². The zero-order chi connectivity index (χ0) is 18.7. The summed E-state index contributed by atoms with van der Waals surface area (Å²) in [6, 6.07) is 1.76. The van der Waals surface area contributed by atoms with Gasteiger partial charge in [0, 0.05) is 37.9 Å². The van der Waals surface area contributed by atoms with E-state index in [-0.39, 0.29) is 24.4 Å². The first-order valence-corrected chi connectivity index (χ1v) is 9.72. The van der Waals surface area contributed by atoms with E-state index < -0.39 is 0 Å². The highest BCUT2D eigenvalue weighted by Crippen LogP contribution is 2.27. The second-order valence-electron chi connectivity index (χ2n) is 8.12. The third-order valence-corrected chi connectivity index (χ3v) is 5.42. The monoisotopic (exact) mass is 361 g/mol. The Labute approximate surface area is 155 Å². The first-order valence-electron chi connectivity index (χ1n) is 9.72. The molecule has 144 valence electrons. The number of hydrogen-bond donors (Lipinski definition) is 2. The molecule has 0 aliphatic carbocycles. The van der Waals surface area contributed by atoms with Crippen LogP contribution in [0.5, 0.6) is 0 Å². The molecule has 3 N–H and O–H groups in total. The molecule has 26 heavy (non-hydrogen) atoms. The number of likely N-dealkylation sites (tertiary alicyclic amines) is 2. The Balaban J connectivity index is 1.70. The van der Waals surface area contributed by atoms with E-state index in [4.69, 9.17) is 5.73 Å². The van der Waals surface area contributed by atoms with E-state index in [0.717, 1.165) is 31.7 Å². The highest BCUT2D eigenvalue weighted by Gasteiger charge is 2.36. The predicted octanol–water partition coefficient (Wildman–Crippen LogP) is 1.03. The van der Waals surface area contributed by atoms with E-state index in [2.05, 4.69) is 28.7 Å². The molecule has 0 saturated carbocycles. The third-order valence-electron chi connectivity index (χ3n) is 5.42. The Morgan fingerprint density at radius 1 is 1.27 bits per heavy atom. The number of nitrogens with zero attached hydrogens (tertiary/aromatic N) is 4. The Hall–Kier alpha value is -1.73. The van der Waals surface area contributed by atoms with Gasteiger partial charge in [0.2, 0.25) is 5.95 Å². The van der Waals surface area contributed by atoms with Gasteiger partial charge in [-0.3, -0.25) is 4.79 Å². The number of aromatic nitrogens is 2. The molecule has 2 aliphatic heterocycles. The number of aliphatic hydroxyl groups is 1. The van der Waals surface area contributed by atoms with Crippen molar-refractivity contribution in [3.8, 4) is 0 Å². The molecule has 1 aromatic rings. The van der Waals surface area contributed by atoms with E-state index in [1.165, 1.54) is 12.8 Å². The highest BCUT2D eigenvalue weighted by molar-refractivity contribution is 5.92. The van der Waals surface area contributed by atoms with Crippen LogP contribution in [0.3, 0.4) is 0 Å². The largest absolute Gasteiger partial charge is 0.396 e. The lowest BCUT2D eigenvalue weighted by atomic mass is 9.96. The lowest BCUT2D eigenvalue weighted by Gasteiger charge is -2.22. The molecule has 0 bridgehead atoms. The van der Waals surface area contributed by atoms with Crippen molar-refractivity contribution in [2.75, 3.05) is 45.1 Å². The van der Waals surface area contributed by atoms with Gasteiger partial charge in [0.1, 0.15) is 5.69 Å². The zero-order valence-electron chi connectivity index (χ0n) is 15.9. The molecule has 7 nitrogen and oxygen atoms in total. The van der Waals surface area contributed by atoms with E-state index >= 15 is 0 Å². The lowest BCUT2D eigenvalue weighted by molar-refractivity contribution is 0.0773. The maximum absolute atomic E-state index is 13.0. The molecule has 0 spiro atoms. The average Bonchev–Trinajstić information content (AvgIpc) is 3.23. The minimum absolute atomic E-state index is 0.105. The smallest absolute Gasteiger partial charge is 0.272 e. The first kappa shape index (κ1) is 19.0. The average molecular weight is 361 g/mol. The standard InChI is InChI=1S/C19H31N5O2/c1-13(2)7-16-8-17(22-19(20)21-16)18(26)24-10-14(15(11-24)12-25)9-23-5-3-4-6-23/h8,13-15,25H,3-7,9-12H2,1-2H3,(H2,20,21,22)/t14-,15-/m1/s1. The molecule has 0 unspecified atom stereocenters. The van der Waals surface area contributed by atoms with Gasteiger partial charge in [-0.25, -0.2) is 9.97 Å². The quantitative estimate of drug-likeness (QED) is 0.786. The van der Waals surface area contributed by atoms with Crippen LogP contribution in [0.1, 0.15) is 42.9 Å². The third kappa shape index (κ3) is 4.51. The van der Waals surface area contributed by atoms with Crippen LogP contribution in [0.4, 0.5) is 5.95 Å². The van der Waals surface area contributed by atoms with Gasteiger partial charge in [-0.15, -0.1) is 0 Å². The minimum Gasteiger partial charge on any atom is -0.396 e. The van der Waals surface area contributed by atoms with Gasteiger partial charge in [-0.05, 0) is 50.3 Å². The second kappa shape index (κ2) is 8.31. The number of amides is 1. The number of hydrogen-bond acceptors (Lipinski definition) is 6. The van der Waals surface area contributed by atoms with Crippen LogP contribution in [0.15, 0.2) is 6.07 Å². The normalized spacial score (nSPS) is 23.9. The SMILES string of the molecule is CC(C)Cc1cc(C(=O)N2C[C@@H](CN3CCCC3)[C@@H](CO)C2)nc(N)n1. The van der Waals surface area contributed by atoms with Crippen LogP contribution in [0.2, 0.25) is 0 Å². The van der Waals surface area contributed by atoms with Gasteiger partial charge in [-0.2, -0.15) is 0 Å².